The van der Waals surface area contributed by atoms with Gasteiger partial charge in [0.15, 0.2) is 0 Å². The summed E-state index contributed by atoms with van der Waals surface area (Å²) in [7, 11) is 0. The van der Waals surface area contributed by atoms with Crippen molar-refractivity contribution in [1.82, 2.24) is 4.57 Å². The highest BCUT2D eigenvalue weighted by Gasteiger charge is 2.27. The van der Waals surface area contributed by atoms with E-state index in [1.165, 1.54) is 22.2 Å². The number of hydrogen-bond donors (Lipinski definition) is 1. The third-order valence-corrected chi connectivity index (χ3v) is 4.37. The number of halogens is 1. The molecule has 1 aliphatic carbocycles. The van der Waals surface area contributed by atoms with E-state index in [-0.39, 0.29) is 0 Å². The van der Waals surface area contributed by atoms with Gasteiger partial charge in [-0.3, -0.25) is 4.99 Å². The number of aromatic nitrogens is 1. The zero-order valence-corrected chi connectivity index (χ0v) is 11.3. The minimum Gasteiger partial charge on any atom is -0.389 e. The minimum atomic E-state index is -0.395. The SMILES string of the molecule is O[C@H]1CN=C2CCCc3c2n(c2ccc(Cl)cc32)C1. The molecule has 0 radical (unpaired) electrons. The molecule has 1 aliphatic heterocycles. The molecule has 0 saturated heterocycles. The number of aliphatic imine (C=N–C) groups is 1. The highest BCUT2D eigenvalue weighted by Crippen LogP contribution is 2.35. The summed E-state index contributed by atoms with van der Waals surface area (Å²) in [6.45, 7) is 1.14. The molecular formula is C15H15ClN2O. The lowest BCUT2D eigenvalue weighted by Gasteiger charge is -2.16. The molecule has 0 bridgehead atoms. The maximum absolute atomic E-state index is 10.0. The molecular weight excluding hydrogens is 260 g/mol. The number of hydrogen-bond acceptors (Lipinski definition) is 2. The molecule has 0 fully saturated rings. The third-order valence-electron chi connectivity index (χ3n) is 4.13. The van der Waals surface area contributed by atoms with Gasteiger partial charge in [0.05, 0.1) is 30.6 Å². The van der Waals surface area contributed by atoms with E-state index in [0.717, 1.165) is 30.0 Å². The number of aliphatic hydroxyl groups excluding tert-OH is 1. The van der Waals surface area contributed by atoms with Gasteiger partial charge in [0, 0.05) is 15.9 Å². The van der Waals surface area contributed by atoms with Crippen LogP contribution in [0.1, 0.15) is 24.1 Å². The molecule has 0 saturated carbocycles. The number of nitrogens with zero attached hydrogens (tertiary/aromatic N) is 2. The maximum atomic E-state index is 10.0. The Morgan fingerprint density at radius 2 is 2.21 bits per heavy atom. The first-order chi connectivity index (χ1) is 9.24. The normalized spacial score (nSPS) is 22.0. The Balaban J connectivity index is 2.10. The van der Waals surface area contributed by atoms with Crippen LogP contribution in [0.15, 0.2) is 23.2 Å². The number of fused-ring (bicyclic) bond motifs is 3. The van der Waals surface area contributed by atoms with E-state index in [2.05, 4.69) is 15.6 Å². The monoisotopic (exact) mass is 274 g/mol. The van der Waals surface area contributed by atoms with Gasteiger partial charge in [-0.2, -0.15) is 0 Å². The lowest BCUT2D eigenvalue weighted by molar-refractivity contribution is 0.166. The number of benzene rings is 1. The van der Waals surface area contributed by atoms with Gasteiger partial charge in [0.2, 0.25) is 0 Å². The van der Waals surface area contributed by atoms with Crippen LogP contribution in [0.4, 0.5) is 0 Å². The molecule has 0 unspecified atom stereocenters. The molecule has 2 aromatic rings. The van der Waals surface area contributed by atoms with Crippen molar-refractivity contribution in [3.05, 3.63) is 34.5 Å². The second kappa shape index (κ2) is 4.09. The standard InChI is InChI=1S/C15H15ClN2O/c16-9-4-5-14-12(6-9)11-2-1-3-13-15(11)18(14)8-10(19)7-17-13/h4-6,10,19H,1-3,7-8H2/t10-/m0/s1. The predicted octanol–water partition coefficient (Wildman–Crippen LogP) is 2.79. The van der Waals surface area contributed by atoms with Crippen LogP contribution in [0.3, 0.4) is 0 Å². The predicted molar refractivity (Wildman–Crippen MR) is 77.3 cm³/mol. The van der Waals surface area contributed by atoms with Gasteiger partial charge in [-0.05, 0) is 43.0 Å². The van der Waals surface area contributed by atoms with Gasteiger partial charge in [-0.1, -0.05) is 11.6 Å². The molecule has 2 heterocycles. The van der Waals surface area contributed by atoms with Crippen molar-refractivity contribution >= 4 is 28.2 Å². The van der Waals surface area contributed by atoms with Crippen molar-refractivity contribution in [3.8, 4) is 0 Å². The lowest BCUT2D eigenvalue weighted by Crippen LogP contribution is -2.18. The van der Waals surface area contributed by atoms with E-state index in [9.17, 15) is 5.11 Å². The number of aliphatic hydroxyl groups is 1. The second-order valence-electron chi connectivity index (χ2n) is 5.39. The summed E-state index contributed by atoms with van der Waals surface area (Å²) < 4.78 is 2.23. The maximum Gasteiger partial charge on any atom is 0.0914 e. The molecule has 98 valence electrons. The summed E-state index contributed by atoms with van der Waals surface area (Å²) in [5, 5.41) is 12.0. The fourth-order valence-corrected chi connectivity index (χ4v) is 3.53. The summed E-state index contributed by atoms with van der Waals surface area (Å²) in [6.07, 6.45) is 2.83. The van der Waals surface area contributed by atoms with E-state index < -0.39 is 6.10 Å². The Kier molecular flexibility index (Phi) is 2.47. The smallest absolute Gasteiger partial charge is 0.0914 e. The van der Waals surface area contributed by atoms with Crippen LogP contribution in [0.25, 0.3) is 10.9 Å². The molecule has 0 spiro atoms. The summed E-state index contributed by atoms with van der Waals surface area (Å²) in [4.78, 5) is 4.61. The largest absolute Gasteiger partial charge is 0.389 e. The molecule has 2 aliphatic rings. The lowest BCUT2D eigenvalue weighted by atomic mass is 9.94. The molecule has 1 atom stereocenters. The molecule has 1 aromatic heterocycles. The Bertz CT molecular complexity index is 702. The zero-order chi connectivity index (χ0) is 13.0. The van der Waals surface area contributed by atoms with Crippen molar-refractivity contribution in [3.63, 3.8) is 0 Å². The number of aryl methyl sites for hydroxylation is 1. The van der Waals surface area contributed by atoms with E-state index in [1.54, 1.807) is 0 Å². The molecule has 19 heavy (non-hydrogen) atoms. The summed E-state index contributed by atoms with van der Waals surface area (Å²) in [5.41, 5.74) is 4.92. The van der Waals surface area contributed by atoms with Crippen LogP contribution in [0, 0.1) is 0 Å². The van der Waals surface area contributed by atoms with Gasteiger partial charge in [-0.25, -0.2) is 0 Å². The van der Waals surface area contributed by atoms with E-state index in [0.29, 0.717) is 13.1 Å². The zero-order valence-electron chi connectivity index (χ0n) is 10.6. The first-order valence-corrected chi connectivity index (χ1v) is 7.14. The van der Waals surface area contributed by atoms with Gasteiger partial charge in [0.1, 0.15) is 0 Å². The van der Waals surface area contributed by atoms with Crippen molar-refractivity contribution in [2.75, 3.05) is 6.54 Å². The quantitative estimate of drug-likeness (QED) is 0.788. The van der Waals surface area contributed by atoms with Crippen molar-refractivity contribution in [2.45, 2.75) is 31.9 Å². The van der Waals surface area contributed by atoms with Gasteiger partial charge >= 0.3 is 0 Å². The third kappa shape index (κ3) is 1.65. The van der Waals surface area contributed by atoms with Gasteiger partial charge in [-0.15, -0.1) is 0 Å². The molecule has 1 N–H and O–H groups in total. The Morgan fingerprint density at radius 1 is 1.32 bits per heavy atom. The molecule has 4 heteroatoms. The van der Waals surface area contributed by atoms with Crippen LogP contribution < -0.4 is 0 Å². The first kappa shape index (κ1) is 11.5. The summed E-state index contributed by atoms with van der Waals surface area (Å²) in [6, 6.07) is 6.03. The highest BCUT2D eigenvalue weighted by molar-refractivity contribution is 6.31. The van der Waals surface area contributed by atoms with Crippen LogP contribution in [0.5, 0.6) is 0 Å². The van der Waals surface area contributed by atoms with E-state index in [1.807, 2.05) is 12.1 Å². The van der Waals surface area contributed by atoms with Gasteiger partial charge in [0.25, 0.3) is 0 Å². The number of rotatable bonds is 0. The van der Waals surface area contributed by atoms with Crippen LogP contribution in [-0.4, -0.2) is 28.0 Å². The molecule has 1 aromatic carbocycles. The fourth-order valence-electron chi connectivity index (χ4n) is 3.36. The summed E-state index contributed by atoms with van der Waals surface area (Å²) in [5.74, 6) is 0. The fraction of sp³-hybridized carbons (Fsp3) is 0.400. The molecule has 3 nitrogen and oxygen atoms in total. The first-order valence-electron chi connectivity index (χ1n) is 6.76. The van der Waals surface area contributed by atoms with Crippen LogP contribution >= 0.6 is 11.6 Å². The van der Waals surface area contributed by atoms with Gasteiger partial charge < -0.3 is 9.67 Å². The topological polar surface area (TPSA) is 37.5 Å². The average molecular weight is 275 g/mol. The van der Waals surface area contributed by atoms with E-state index >= 15 is 0 Å². The van der Waals surface area contributed by atoms with Crippen LogP contribution in [-0.2, 0) is 13.0 Å². The van der Waals surface area contributed by atoms with Crippen molar-refractivity contribution < 1.29 is 5.11 Å². The molecule has 0 amide bonds. The molecule has 4 rings (SSSR count). The Morgan fingerprint density at radius 3 is 3.11 bits per heavy atom. The van der Waals surface area contributed by atoms with Crippen molar-refractivity contribution in [1.29, 1.82) is 0 Å². The average Bonchev–Trinajstić information content (AvgIpc) is 2.60. The Labute approximate surface area is 116 Å². The second-order valence-corrected chi connectivity index (χ2v) is 5.83. The summed E-state index contributed by atoms with van der Waals surface area (Å²) >= 11 is 6.14. The Hall–Kier alpha value is -1.32. The van der Waals surface area contributed by atoms with E-state index in [4.69, 9.17) is 11.6 Å². The van der Waals surface area contributed by atoms with Crippen molar-refractivity contribution in [2.24, 2.45) is 4.99 Å². The minimum absolute atomic E-state index is 0.395. The highest BCUT2D eigenvalue weighted by atomic mass is 35.5. The van der Waals surface area contributed by atoms with Crippen LogP contribution in [0.2, 0.25) is 5.02 Å².